The molecule has 4 rings (SSSR count). The quantitative estimate of drug-likeness (QED) is 0.441. The highest BCUT2D eigenvalue weighted by molar-refractivity contribution is 7.93. The van der Waals surface area contributed by atoms with Gasteiger partial charge in [-0.3, -0.25) is 9.29 Å². The first-order chi connectivity index (χ1) is 17.3. The third kappa shape index (κ3) is 5.14. The number of hydrogen-bond donors (Lipinski definition) is 2. The Morgan fingerprint density at radius 3 is 2.33 bits per heavy atom. The number of para-hydroxylation sites is 1. The van der Waals surface area contributed by atoms with E-state index in [0.717, 1.165) is 31.4 Å². The van der Waals surface area contributed by atoms with Gasteiger partial charge in [0.25, 0.3) is 0 Å². The summed E-state index contributed by atoms with van der Waals surface area (Å²) in [7, 11) is -0.809. The van der Waals surface area contributed by atoms with Crippen LogP contribution in [-0.4, -0.2) is 59.2 Å². The summed E-state index contributed by atoms with van der Waals surface area (Å²) in [6, 6.07) is 5.27. The largest absolute Gasteiger partial charge is 0.494 e. The predicted molar refractivity (Wildman–Crippen MR) is 136 cm³/mol. The molecule has 0 aliphatic carbocycles. The Morgan fingerprint density at radius 1 is 1.08 bits per heavy atom. The number of hydrogen-bond acceptors (Lipinski definition) is 9. The summed E-state index contributed by atoms with van der Waals surface area (Å²) >= 11 is 0. The molecular weight excluding hydrogens is 482 g/mol. The van der Waals surface area contributed by atoms with Gasteiger partial charge < -0.3 is 14.8 Å². The van der Waals surface area contributed by atoms with Gasteiger partial charge >= 0.3 is 0 Å². The van der Waals surface area contributed by atoms with Gasteiger partial charge in [0.15, 0.2) is 5.82 Å². The zero-order chi connectivity index (χ0) is 25.9. The number of anilines is 1. The third-order valence-electron chi connectivity index (χ3n) is 6.57. The van der Waals surface area contributed by atoms with Crippen molar-refractivity contribution >= 4 is 16.0 Å². The topological polar surface area (TPSA) is 133 Å². The van der Waals surface area contributed by atoms with E-state index in [4.69, 9.17) is 9.47 Å². The Morgan fingerprint density at radius 2 is 1.75 bits per heavy atom. The molecule has 2 N–H and O–H groups in total. The monoisotopic (exact) mass is 515 g/mol. The lowest BCUT2D eigenvalue weighted by Gasteiger charge is -2.25. The highest BCUT2D eigenvalue weighted by Crippen LogP contribution is 2.38. The van der Waals surface area contributed by atoms with Gasteiger partial charge in [0.05, 0.1) is 25.5 Å². The van der Waals surface area contributed by atoms with E-state index in [1.54, 1.807) is 63.2 Å². The number of benzene rings is 1. The molecule has 1 aliphatic heterocycles. The summed E-state index contributed by atoms with van der Waals surface area (Å²) in [4.78, 5) is 8.64. The SMILES string of the molecule is COc1cccc(OC)c1-n1c(NS(=O)(=O)C(C)C(C)c2ncc(C)cn2)nnc1[C@H]1CCCCN1. The van der Waals surface area contributed by atoms with E-state index in [9.17, 15) is 8.42 Å². The van der Waals surface area contributed by atoms with Crippen molar-refractivity contribution in [3.8, 4) is 17.2 Å². The van der Waals surface area contributed by atoms with Crippen LogP contribution in [0.3, 0.4) is 0 Å². The highest BCUT2D eigenvalue weighted by atomic mass is 32.2. The first kappa shape index (κ1) is 25.8. The average molecular weight is 516 g/mol. The van der Waals surface area contributed by atoms with Crippen LogP contribution in [0.5, 0.6) is 11.5 Å². The minimum Gasteiger partial charge on any atom is -0.494 e. The van der Waals surface area contributed by atoms with Crippen LogP contribution >= 0.6 is 0 Å². The number of piperidine rings is 1. The molecule has 194 valence electrons. The number of aryl methyl sites for hydroxylation is 1. The first-order valence-corrected chi connectivity index (χ1v) is 13.5. The molecule has 3 heterocycles. The van der Waals surface area contributed by atoms with E-state index >= 15 is 0 Å². The van der Waals surface area contributed by atoms with Crippen LogP contribution in [0.2, 0.25) is 0 Å². The number of methoxy groups -OCH3 is 2. The lowest BCUT2D eigenvalue weighted by Crippen LogP contribution is -2.32. The van der Waals surface area contributed by atoms with E-state index in [1.807, 2.05) is 6.92 Å². The maximum atomic E-state index is 13.5. The highest BCUT2D eigenvalue weighted by Gasteiger charge is 2.33. The van der Waals surface area contributed by atoms with Gasteiger partial charge in [0.1, 0.15) is 23.0 Å². The van der Waals surface area contributed by atoms with Gasteiger partial charge in [-0.25, -0.2) is 18.4 Å². The fourth-order valence-corrected chi connectivity index (χ4v) is 5.50. The summed E-state index contributed by atoms with van der Waals surface area (Å²) in [5, 5.41) is 11.3. The minimum absolute atomic E-state index is 0.0593. The smallest absolute Gasteiger partial charge is 0.243 e. The van der Waals surface area contributed by atoms with Crippen molar-refractivity contribution in [2.24, 2.45) is 0 Å². The summed E-state index contributed by atoms with van der Waals surface area (Å²) in [6.45, 7) is 6.14. The molecule has 3 atom stereocenters. The Kier molecular flexibility index (Phi) is 7.74. The standard InChI is InChI=1S/C24H33N7O4S/c1-15-13-26-22(27-14-15)16(2)17(3)36(32,33)30-24-29-28-23(18-9-6-7-12-25-18)31(24)21-19(34-4)10-8-11-20(21)35-5/h8,10-11,13-14,16-18,25H,6-7,9,12H2,1-5H3,(H,29,30)/t16?,17?,18-/m1/s1. The van der Waals surface area contributed by atoms with Crippen LogP contribution < -0.4 is 19.5 Å². The van der Waals surface area contributed by atoms with Crippen molar-refractivity contribution < 1.29 is 17.9 Å². The molecule has 1 aromatic carbocycles. The number of ether oxygens (including phenoxy) is 2. The molecule has 0 bridgehead atoms. The normalized spacial score (nSPS) is 17.9. The summed E-state index contributed by atoms with van der Waals surface area (Å²) in [6.07, 6.45) is 6.30. The van der Waals surface area contributed by atoms with E-state index < -0.39 is 21.2 Å². The number of sulfonamides is 1. The molecule has 0 saturated carbocycles. The van der Waals surface area contributed by atoms with Crippen molar-refractivity contribution in [3.05, 3.63) is 47.8 Å². The van der Waals surface area contributed by atoms with Crippen LogP contribution in [0, 0.1) is 6.92 Å². The van der Waals surface area contributed by atoms with Crippen molar-refractivity contribution in [2.75, 3.05) is 25.5 Å². The molecule has 0 amide bonds. The number of nitrogens with one attached hydrogen (secondary N) is 2. The average Bonchev–Trinajstić information content (AvgIpc) is 3.30. The zero-order valence-corrected chi connectivity index (χ0v) is 22.0. The molecule has 1 aliphatic rings. The molecule has 1 saturated heterocycles. The van der Waals surface area contributed by atoms with Crippen molar-refractivity contribution in [2.45, 2.75) is 57.2 Å². The molecule has 36 heavy (non-hydrogen) atoms. The molecule has 0 spiro atoms. The first-order valence-electron chi connectivity index (χ1n) is 12.0. The second-order valence-electron chi connectivity index (χ2n) is 8.99. The van der Waals surface area contributed by atoms with E-state index in [0.29, 0.717) is 28.8 Å². The van der Waals surface area contributed by atoms with Gasteiger partial charge in [-0.15, -0.1) is 10.2 Å². The fraction of sp³-hybridized carbons (Fsp3) is 0.500. The Balaban J connectivity index is 1.77. The fourth-order valence-electron chi connectivity index (χ4n) is 4.27. The predicted octanol–water partition coefficient (Wildman–Crippen LogP) is 3.13. The maximum Gasteiger partial charge on any atom is 0.243 e. The van der Waals surface area contributed by atoms with E-state index in [1.165, 1.54) is 0 Å². The lowest BCUT2D eigenvalue weighted by molar-refractivity contribution is 0.379. The van der Waals surface area contributed by atoms with Gasteiger partial charge in [-0.1, -0.05) is 19.4 Å². The van der Waals surface area contributed by atoms with Gasteiger partial charge in [0.2, 0.25) is 16.0 Å². The van der Waals surface area contributed by atoms with Crippen molar-refractivity contribution in [3.63, 3.8) is 0 Å². The van der Waals surface area contributed by atoms with E-state index in [2.05, 4.69) is 30.2 Å². The molecule has 2 aromatic heterocycles. The third-order valence-corrected chi connectivity index (χ3v) is 8.43. The van der Waals surface area contributed by atoms with Crippen LogP contribution in [0.25, 0.3) is 5.69 Å². The zero-order valence-electron chi connectivity index (χ0n) is 21.2. The van der Waals surface area contributed by atoms with Gasteiger partial charge in [-0.2, -0.15) is 0 Å². The summed E-state index contributed by atoms with van der Waals surface area (Å²) < 4.78 is 42.7. The van der Waals surface area contributed by atoms with Crippen LogP contribution in [0.1, 0.15) is 62.3 Å². The molecular formula is C24H33N7O4S. The molecule has 3 aromatic rings. The van der Waals surface area contributed by atoms with Crippen LogP contribution in [0.4, 0.5) is 5.95 Å². The van der Waals surface area contributed by atoms with Crippen LogP contribution in [0.15, 0.2) is 30.6 Å². The molecule has 1 fully saturated rings. The molecule has 2 unspecified atom stereocenters. The number of nitrogens with zero attached hydrogens (tertiary/aromatic N) is 5. The Hall–Kier alpha value is -3.25. The van der Waals surface area contributed by atoms with Crippen molar-refractivity contribution in [1.82, 2.24) is 30.0 Å². The van der Waals surface area contributed by atoms with Crippen molar-refractivity contribution in [1.29, 1.82) is 0 Å². The van der Waals surface area contributed by atoms with Gasteiger partial charge in [0, 0.05) is 18.3 Å². The van der Waals surface area contributed by atoms with Crippen LogP contribution in [-0.2, 0) is 10.0 Å². The summed E-state index contributed by atoms with van der Waals surface area (Å²) in [5.41, 5.74) is 1.43. The molecule has 12 heteroatoms. The molecule has 0 radical (unpaired) electrons. The summed E-state index contributed by atoms with van der Waals surface area (Å²) in [5.74, 6) is 1.64. The molecule has 11 nitrogen and oxygen atoms in total. The minimum atomic E-state index is -3.91. The maximum absolute atomic E-state index is 13.5. The number of aromatic nitrogens is 5. The second-order valence-corrected chi connectivity index (χ2v) is 11.0. The number of rotatable bonds is 9. The van der Waals surface area contributed by atoms with Gasteiger partial charge in [-0.05, 0) is 50.9 Å². The lowest BCUT2D eigenvalue weighted by atomic mass is 10.0. The Bertz CT molecular complexity index is 1270. The van der Waals surface area contributed by atoms with E-state index in [-0.39, 0.29) is 12.0 Å². The Labute approximate surface area is 211 Å². The second kappa shape index (κ2) is 10.8.